The number of aromatic hydroxyl groups is 1. The lowest BCUT2D eigenvalue weighted by molar-refractivity contribution is 0.00285. The summed E-state index contributed by atoms with van der Waals surface area (Å²) in [5.74, 6) is 0.523. The lowest BCUT2D eigenvalue weighted by Gasteiger charge is -2.28. The Balaban J connectivity index is 1.64. The van der Waals surface area contributed by atoms with Crippen molar-refractivity contribution in [1.82, 2.24) is 9.55 Å². The van der Waals surface area contributed by atoms with Crippen molar-refractivity contribution in [2.24, 2.45) is 17.0 Å². The minimum Gasteiger partial charge on any atom is -0.493 e. The SMILES string of the molecule is Cn1c(N[C@@H]2COCC[C@H]2O)nc(/C=c2\ccc3c(c2)N=CN=3)c1O. The van der Waals surface area contributed by atoms with Crippen molar-refractivity contribution in [3.8, 4) is 5.88 Å². The number of aliphatic hydroxyl groups excluding tert-OH is 1. The van der Waals surface area contributed by atoms with Crippen LogP contribution >= 0.6 is 0 Å². The summed E-state index contributed by atoms with van der Waals surface area (Å²) in [6, 6.07) is 5.42. The Labute approximate surface area is 143 Å². The van der Waals surface area contributed by atoms with Gasteiger partial charge < -0.3 is 20.3 Å². The molecule has 0 unspecified atom stereocenters. The van der Waals surface area contributed by atoms with Gasteiger partial charge in [-0.1, -0.05) is 6.07 Å². The Bertz CT molecular complexity index is 950. The molecule has 0 saturated carbocycles. The molecule has 1 aromatic carbocycles. The van der Waals surface area contributed by atoms with Gasteiger partial charge >= 0.3 is 0 Å². The summed E-state index contributed by atoms with van der Waals surface area (Å²) in [6.45, 7) is 0.956. The lowest BCUT2D eigenvalue weighted by Crippen LogP contribution is -2.42. The molecule has 0 radical (unpaired) electrons. The number of benzene rings is 1. The smallest absolute Gasteiger partial charge is 0.220 e. The number of nitrogens with one attached hydrogen (secondary N) is 1. The molecule has 25 heavy (non-hydrogen) atoms. The molecule has 8 heteroatoms. The Morgan fingerprint density at radius 3 is 3.12 bits per heavy atom. The topological polar surface area (TPSA) is 104 Å². The van der Waals surface area contributed by atoms with Crippen molar-refractivity contribution in [2.75, 3.05) is 18.5 Å². The maximum atomic E-state index is 10.4. The zero-order valence-electron chi connectivity index (χ0n) is 13.8. The largest absolute Gasteiger partial charge is 0.493 e. The fourth-order valence-electron chi connectivity index (χ4n) is 2.92. The summed E-state index contributed by atoms with van der Waals surface area (Å²) in [6.07, 6.45) is 3.38. The van der Waals surface area contributed by atoms with Crippen LogP contribution < -0.4 is 15.9 Å². The van der Waals surface area contributed by atoms with Crippen LogP contribution in [0.4, 0.5) is 11.6 Å². The zero-order valence-corrected chi connectivity index (χ0v) is 13.8. The first-order valence-electron chi connectivity index (χ1n) is 8.12. The van der Waals surface area contributed by atoms with Gasteiger partial charge in [0.2, 0.25) is 11.8 Å². The number of ether oxygens (including phenoxy) is 1. The fraction of sp³-hybridized carbons (Fsp3) is 0.353. The number of hydrogen-bond donors (Lipinski definition) is 3. The summed E-state index contributed by atoms with van der Waals surface area (Å²) < 4.78 is 6.94. The molecule has 0 amide bonds. The number of aromatic nitrogens is 2. The standard InChI is InChI=1S/C17H19N5O3/c1-22-16(24)13(7-10-2-3-11-12(6-10)19-9-18-11)20-17(22)21-14-8-25-5-4-15(14)23/h2-3,6-7,9,14-15,23-24H,4-5,8H2,1H3,(H,20,21)/b10-7+/t14-,15-/m1/s1. The highest BCUT2D eigenvalue weighted by Gasteiger charge is 2.25. The van der Waals surface area contributed by atoms with Gasteiger partial charge in [0.15, 0.2) is 0 Å². The molecular formula is C17H19N5O3. The van der Waals surface area contributed by atoms with Crippen molar-refractivity contribution in [1.29, 1.82) is 0 Å². The molecular weight excluding hydrogens is 322 g/mol. The second-order valence-corrected chi connectivity index (χ2v) is 6.15. The van der Waals surface area contributed by atoms with Gasteiger partial charge in [-0.2, -0.15) is 0 Å². The van der Waals surface area contributed by atoms with E-state index in [2.05, 4.69) is 20.3 Å². The van der Waals surface area contributed by atoms with Crippen LogP contribution in [0.15, 0.2) is 28.2 Å². The van der Waals surface area contributed by atoms with Gasteiger partial charge in [0.1, 0.15) is 12.0 Å². The molecule has 2 atom stereocenters. The monoisotopic (exact) mass is 341 g/mol. The van der Waals surface area contributed by atoms with Gasteiger partial charge in [0, 0.05) is 13.7 Å². The van der Waals surface area contributed by atoms with E-state index in [4.69, 9.17) is 4.74 Å². The normalized spacial score (nSPS) is 22.7. The number of aliphatic hydroxyl groups is 1. The van der Waals surface area contributed by atoms with Crippen molar-refractivity contribution in [2.45, 2.75) is 18.6 Å². The molecule has 3 heterocycles. The Morgan fingerprint density at radius 2 is 2.28 bits per heavy atom. The quantitative estimate of drug-likeness (QED) is 0.718. The van der Waals surface area contributed by atoms with Gasteiger partial charge in [-0.3, -0.25) is 4.57 Å². The van der Waals surface area contributed by atoms with Crippen molar-refractivity contribution in [3.05, 3.63) is 34.5 Å². The summed E-state index contributed by atoms with van der Waals surface area (Å²) in [7, 11) is 1.71. The van der Waals surface area contributed by atoms with Crippen molar-refractivity contribution < 1.29 is 14.9 Å². The van der Waals surface area contributed by atoms with Crippen LogP contribution in [0.3, 0.4) is 0 Å². The molecule has 1 saturated heterocycles. The second-order valence-electron chi connectivity index (χ2n) is 6.15. The number of fused-ring (bicyclic) bond motifs is 1. The van der Waals surface area contributed by atoms with Crippen LogP contribution in [-0.2, 0) is 11.8 Å². The maximum Gasteiger partial charge on any atom is 0.220 e. The molecule has 8 nitrogen and oxygen atoms in total. The first-order valence-corrected chi connectivity index (χ1v) is 8.12. The highest BCUT2D eigenvalue weighted by atomic mass is 16.5. The average molecular weight is 341 g/mol. The number of imidazole rings is 1. The van der Waals surface area contributed by atoms with E-state index in [1.807, 2.05) is 18.2 Å². The molecule has 0 aliphatic carbocycles. The van der Waals surface area contributed by atoms with E-state index in [0.29, 0.717) is 31.3 Å². The van der Waals surface area contributed by atoms with E-state index < -0.39 is 6.10 Å². The van der Waals surface area contributed by atoms with E-state index in [-0.39, 0.29) is 11.9 Å². The highest BCUT2D eigenvalue weighted by Crippen LogP contribution is 2.23. The number of anilines is 1. The predicted octanol–water partition coefficient (Wildman–Crippen LogP) is -0.191. The third-order valence-corrected chi connectivity index (χ3v) is 4.42. The molecule has 130 valence electrons. The van der Waals surface area contributed by atoms with Crippen LogP contribution in [0.2, 0.25) is 0 Å². The van der Waals surface area contributed by atoms with Crippen molar-refractivity contribution in [3.63, 3.8) is 0 Å². The molecule has 0 spiro atoms. The summed E-state index contributed by atoms with van der Waals surface area (Å²) in [4.78, 5) is 12.8. The molecule has 4 rings (SSSR count). The van der Waals surface area contributed by atoms with Gasteiger partial charge in [-0.05, 0) is 29.8 Å². The number of hydrogen-bond acceptors (Lipinski definition) is 7. The third-order valence-electron chi connectivity index (χ3n) is 4.42. The zero-order chi connectivity index (χ0) is 17.4. The highest BCUT2D eigenvalue weighted by molar-refractivity contribution is 5.67. The molecule has 1 aromatic heterocycles. The minimum absolute atomic E-state index is 0.0439. The van der Waals surface area contributed by atoms with Crippen molar-refractivity contribution >= 4 is 24.1 Å². The van der Waals surface area contributed by atoms with Crippen LogP contribution in [-0.4, -0.2) is 51.5 Å². The van der Waals surface area contributed by atoms with E-state index in [9.17, 15) is 10.2 Å². The molecule has 3 N–H and O–H groups in total. The summed E-state index contributed by atoms with van der Waals surface area (Å²) in [5.41, 5.74) is 1.24. The van der Waals surface area contributed by atoms with Gasteiger partial charge in [-0.15, -0.1) is 0 Å². The van der Waals surface area contributed by atoms with E-state index in [0.717, 1.165) is 16.3 Å². The van der Waals surface area contributed by atoms with Crippen LogP contribution in [0.1, 0.15) is 12.1 Å². The van der Waals surface area contributed by atoms with E-state index in [1.54, 1.807) is 17.7 Å². The van der Waals surface area contributed by atoms with Crippen LogP contribution in [0.25, 0.3) is 6.08 Å². The lowest BCUT2D eigenvalue weighted by atomic mass is 10.1. The second kappa shape index (κ2) is 6.30. The van der Waals surface area contributed by atoms with E-state index >= 15 is 0 Å². The van der Waals surface area contributed by atoms with Gasteiger partial charge in [0.25, 0.3) is 0 Å². The molecule has 0 bridgehead atoms. The van der Waals surface area contributed by atoms with Crippen LogP contribution in [0, 0.1) is 0 Å². The third kappa shape index (κ3) is 3.01. The van der Waals surface area contributed by atoms with Gasteiger partial charge in [0.05, 0.1) is 29.8 Å². The molecule has 2 aliphatic rings. The Morgan fingerprint density at radius 1 is 1.40 bits per heavy atom. The molecule has 2 aromatic rings. The number of rotatable bonds is 3. The van der Waals surface area contributed by atoms with E-state index in [1.165, 1.54) is 6.34 Å². The first-order chi connectivity index (χ1) is 12.1. The maximum absolute atomic E-state index is 10.4. The Hall–Kier alpha value is -2.71. The first kappa shape index (κ1) is 15.8. The Kier molecular flexibility index (Phi) is 3.98. The van der Waals surface area contributed by atoms with Crippen LogP contribution in [0.5, 0.6) is 5.88 Å². The summed E-state index contributed by atoms with van der Waals surface area (Å²) >= 11 is 0. The van der Waals surface area contributed by atoms with Gasteiger partial charge in [-0.25, -0.2) is 15.0 Å². The predicted molar refractivity (Wildman–Crippen MR) is 92.7 cm³/mol. The summed E-state index contributed by atoms with van der Waals surface area (Å²) in [5, 5.41) is 25.3. The number of nitrogens with zero attached hydrogens (tertiary/aromatic N) is 4. The number of aliphatic imine (C=N–C) groups is 1. The molecule has 2 aliphatic heterocycles. The average Bonchev–Trinajstić information content (AvgIpc) is 3.17. The fourth-order valence-corrected chi connectivity index (χ4v) is 2.92. The minimum atomic E-state index is -0.502. The molecule has 1 fully saturated rings.